The van der Waals surface area contributed by atoms with Crippen molar-refractivity contribution in [2.24, 2.45) is 0 Å². The fraction of sp³-hybridized carbons (Fsp3) is 0.250. The molecule has 1 heterocycles. The molecule has 2 amide bonds. The molecule has 0 spiro atoms. The number of halogens is 1. The van der Waals surface area contributed by atoms with Gasteiger partial charge in [-0.15, -0.1) is 0 Å². The molecule has 152 valence electrons. The van der Waals surface area contributed by atoms with Crippen LogP contribution < -0.4 is 10.6 Å². The maximum absolute atomic E-state index is 12.4. The fourth-order valence-electron chi connectivity index (χ4n) is 2.79. The number of rotatable bonds is 8. The quantitative estimate of drug-likeness (QED) is 0.525. The van der Waals surface area contributed by atoms with Crippen LogP contribution in [0, 0.1) is 0 Å². The van der Waals surface area contributed by atoms with Crippen LogP contribution in [-0.2, 0) is 20.9 Å². The summed E-state index contributed by atoms with van der Waals surface area (Å²) in [5.74, 6) is -0.147. The molecule has 9 heteroatoms. The molecule has 3 rings (SSSR count). The van der Waals surface area contributed by atoms with Gasteiger partial charge in [-0.3, -0.25) is 9.59 Å². The van der Waals surface area contributed by atoms with Gasteiger partial charge in [0, 0.05) is 37.0 Å². The third-order valence-corrected chi connectivity index (χ3v) is 5.20. The second-order valence-corrected chi connectivity index (χ2v) is 7.65. The van der Waals surface area contributed by atoms with E-state index in [9.17, 15) is 9.59 Å². The molecule has 0 radical (unpaired) electrons. The Morgan fingerprint density at radius 3 is 2.66 bits per heavy atom. The number of nitrogens with one attached hydrogen (secondary N) is 2. The lowest BCUT2D eigenvalue weighted by atomic mass is 10.2. The fourth-order valence-corrected chi connectivity index (χ4v) is 3.80. The lowest BCUT2D eigenvalue weighted by Gasteiger charge is -2.09. The molecule has 29 heavy (non-hydrogen) atoms. The summed E-state index contributed by atoms with van der Waals surface area (Å²) < 4.78 is 7.21. The number of aromatic nitrogens is 2. The highest BCUT2D eigenvalue weighted by atomic mass is 35.5. The van der Waals surface area contributed by atoms with Crippen LogP contribution in [0.3, 0.4) is 0 Å². The molecule has 2 N–H and O–H groups in total. The molecular formula is C20H21ClN4O3S. The minimum atomic E-state index is -0.168. The second-order valence-electron chi connectivity index (χ2n) is 6.27. The van der Waals surface area contributed by atoms with Gasteiger partial charge in [-0.2, -0.15) is 0 Å². The Balaban J connectivity index is 1.69. The minimum Gasteiger partial charge on any atom is -0.383 e. The SMILES string of the molecule is COCCn1c(SCC(=O)Nc2cccc(NC(C)=O)c2)nc2cc(Cl)ccc21. The standard InChI is InChI=1S/C20H21ClN4O3S/c1-13(26)22-15-4-3-5-16(11-15)23-19(27)12-29-20-24-17-10-14(21)6-7-18(17)25(20)8-9-28-2/h3-7,10-11H,8-9,12H2,1-2H3,(H,22,26)(H,23,27). The summed E-state index contributed by atoms with van der Waals surface area (Å²) in [4.78, 5) is 28.2. The average molecular weight is 433 g/mol. The molecule has 2 aromatic carbocycles. The number of methoxy groups -OCH3 is 1. The van der Waals surface area contributed by atoms with E-state index in [2.05, 4.69) is 15.6 Å². The number of amides is 2. The lowest BCUT2D eigenvalue weighted by molar-refractivity contribution is -0.114. The molecule has 0 fully saturated rings. The van der Waals surface area contributed by atoms with E-state index in [1.807, 2.05) is 16.7 Å². The summed E-state index contributed by atoms with van der Waals surface area (Å²) in [6.07, 6.45) is 0. The van der Waals surface area contributed by atoms with Crippen molar-refractivity contribution in [3.8, 4) is 0 Å². The van der Waals surface area contributed by atoms with Crippen molar-refractivity contribution in [1.82, 2.24) is 9.55 Å². The zero-order valence-electron chi connectivity index (χ0n) is 16.1. The van der Waals surface area contributed by atoms with Crippen molar-refractivity contribution < 1.29 is 14.3 Å². The van der Waals surface area contributed by atoms with Crippen molar-refractivity contribution in [2.75, 3.05) is 30.1 Å². The number of fused-ring (bicyclic) bond motifs is 1. The first kappa shape index (κ1) is 21.2. The zero-order valence-corrected chi connectivity index (χ0v) is 17.6. The van der Waals surface area contributed by atoms with E-state index in [-0.39, 0.29) is 17.6 Å². The number of benzene rings is 2. The summed E-state index contributed by atoms with van der Waals surface area (Å²) in [6, 6.07) is 12.5. The number of thioether (sulfide) groups is 1. The topological polar surface area (TPSA) is 85.2 Å². The smallest absolute Gasteiger partial charge is 0.234 e. The molecule has 0 atom stereocenters. The molecule has 0 bridgehead atoms. The monoisotopic (exact) mass is 432 g/mol. The van der Waals surface area contributed by atoms with Crippen LogP contribution in [0.1, 0.15) is 6.92 Å². The van der Waals surface area contributed by atoms with Crippen LogP contribution in [0.15, 0.2) is 47.6 Å². The maximum atomic E-state index is 12.4. The van der Waals surface area contributed by atoms with Crippen LogP contribution in [0.2, 0.25) is 5.02 Å². The van der Waals surface area contributed by atoms with E-state index in [0.717, 1.165) is 16.2 Å². The number of carbonyl (C=O) groups is 2. The molecule has 0 aliphatic rings. The molecular weight excluding hydrogens is 412 g/mol. The van der Waals surface area contributed by atoms with Crippen LogP contribution in [0.5, 0.6) is 0 Å². The summed E-state index contributed by atoms with van der Waals surface area (Å²) in [7, 11) is 1.64. The molecule has 3 aromatic rings. The van der Waals surface area contributed by atoms with Gasteiger partial charge in [0.05, 0.1) is 23.4 Å². The van der Waals surface area contributed by atoms with Crippen LogP contribution in [0.4, 0.5) is 11.4 Å². The number of hydrogen-bond acceptors (Lipinski definition) is 5. The Kier molecular flexibility index (Phi) is 7.13. The van der Waals surface area contributed by atoms with Crippen molar-refractivity contribution in [1.29, 1.82) is 0 Å². The molecule has 0 saturated heterocycles. The molecule has 0 saturated carbocycles. The molecule has 0 aliphatic heterocycles. The number of imidazole rings is 1. The van der Waals surface area contributed by atoms with Gasteiger partial charge in [-0.1, -0.05) is 29.4 Å². The van der Waals surface area contributed by atoms with E-state index in [0.29, 0.717) is 29.5 Å². The second kappa shape index (κ2) is 9.78. The first-order chi connectivity index (χ1) is 14.0. The Labute approximate surface area is 177 Å². The summed E-state index contributed by atoms with van der Waals surface area (Å²) >= 11 is 7.42. The first-order valence-electron chi connectivity index (χ1n) is 8.91. The highest BCUT2D eigenvalue weighted by Gasteiger charge is 2.14. The average Bonchev–Trinajstić information content (AvgIpc) is 3.01. The number of nitrogens with zero attached hydrogens (tertiary/aromatic N) is 2. The number of carbonyl (C=O) groups excluding carboxylic acids is 2. The zero-order chi connectivity index (χ0) is 20.8. The summed E-state index contributed by atoms with van der Waals surface area (Å²) in [5.41, 5.74) is 2.96. The van der Waals surface area contributed by atoms with Gasteiger partial charge in [0.1, 0.15) is 0 Å². The van der Waals surface area contributed by atoms with E-state index in [1.54, 1.807) is 37.4 Å². The number of hydrogen-bond donors (Lipinski definition) is 2. The number of anilines is 2. The van der Waals surface area contributed by atoms with E-state index in [1.165, 1.54) is 18.7 Å². The maximum Gasteiger partial charge on any atom is 0.234 e. The highest BCUT2D eigenvalue weighted by Crippen LogP contribution is 2.26. The summed E-state index contributed by atoms with van der Waals surface area (Å²) in [6.45, 7) is 2.59. The Morgan fingerprint density at radius 1 is 1.17 bits per heavy atom. The molecule has 1 aromatic heterocycles. The van der Waals surface area contributed by atoms with Crippen molar-refractivity contribution in [3.05, 3.63) is 47.5 Å². The Hall–Kier alpha value is -2.55. The van der Waals surface area contributed by atoms with Crippen LogP contribution in [-0.4, -0.2) is 40.8 Å². The first-order valence-corrected chi connectivity index (χ1v) is 10.3. The Morgan fingerprint density at radius 2 is 1.93 bits per heavy atom. The van der Waals surface area contributed by atoms with Crippen molar-refractivity contribution >= 4 is 57.6 Å². The largest absolute Gasteiger partial charge is 0.383 e. The van der Waals surface area contributed by atoms with E-state index >= 15 is 0 Å². The third kappa shape index (κ3) is 5.72. The number of ether oxygens (including phenoxy) is 1. The van der Waals surface area contributed by atoms with Crippen LogP contribution >= 0.6 is 23.4 Å². The van der Waals surface area contributed by atoms with Crippen molar-refractivity contribution in [2.45, 2.75) is 18.6 Å². The van der Waals surface area contributed by atoms with Gasteiger partial charge in [0.2, 0.25) is 11.8 Å². The lowest BCUT2D eigenvalue weighted by Crippen LogP contribution is -2.15. The minimum absolute atomic E-state index is 0.168. The van der Waals surface area contributed by atoms with Gasteiger partial charge >= 0.3 is 0 Å². The van der Waals surface area contributed by atoms with Gasteiger partial charge in [-0.05, 0) is 36.4 Å². The van der Waals surface area contributed by atoms with E-state index < -0.39 is 0 Å². The Bertz CT molecular complexity index is 1040. The van der Waals surface area contributed by atoms with Gasteiger partial charge in [0.25, 0.3) is 0 Å². The molecule has 0 unspecified atom stereocenters. The predicted molar refractivity (Wildman–Crippen MR) is 117 cm³/mol. The van der Waals surface area contributed by atoms with Crippen molar-refractivity contribution in [3.63, 3.8) is 0 Å². The molecule has 0 aliphatic carbocycles. The van der Waals surface area contributed by atoms with Crippen LogP contribution in [0.25, 0.3) is 11.0 Å². The predicted octanol–water partition coefficient (Wildman–Crippen LogP) is 4.03. The summed E-state index contributed by atoms with van der Waals surface area (Å²) in [5, 5.41) is 6.87. The third-order valence-electron chi connectivity index (χ3n) is 3.99. The van der Waals surface area contributed by atoms with Gasteiger partial charge < -0.3 is 19.9 Å². The van der Waals surface area contributed by atoms with Gasteiger partial charge in [0.15, 0.2) is 5.16 Å². The normalized spacial score (nSPS) is 10.9. The van der Waals surface area contributed by atoms with E-state index in [4.69, 9.17) is 16.3 Å². The van der Waals surface area contributed by atoms with Gasteiger partial charge in [-0.25, -0.2) is 4.98 Å². The molecule has 7 nitrogen and oxygen atoms in total. The highest BCUT2D eigenvalue weighted by molar-refractivity contribution is 7.99.